The molecule has 5 unspecified atom stereocenters. The van der Waals surface area contributed by atoms with Crippen LogP contribution in [0.25, 0.3) is 0 Å². The molecule has 2 bridgehead atoms. The van der Waals surface area contributed by atoms with Crippen LogP contribution in [0.2, 0.25) is 0 Å². The van der Waals surface area contributed by atoms with Crippen LogP contribution in [0.15, 0.2) is 18.2 Å². The molecule has 0 amide bonds. The van der Waals surface area contributed by atoms with Crippen molar-refractivity contribution in [3.63, 3.8) is 0 Å². The van der Waals surface area contributed by atoms with Crippen LogP contribution >= 0.6 is 0 Å². The molecular weight excluding hydrogens is 264 g/mol. The van der Waals surface area contributed by atoms with Gasteiger partial charge >= 0.3 is 0 Å². The van der Waals surface area contributed by atoms with Crippen molar-refractivity contribution in [1.29, 1.82) is 0 Å². The standard InChI is InChI=1S/C18H24O3/c1-20-16-7-6-12(9-17(16)21-2)18(19)10-11-8-15(18)14-5-3-4-13(11)14/h6-7,9,11,13-15,19H,3-5,8,10H2,1-2H3. The van der Waals surface area contributed by atoms with Crippen LogP contribution in [0, 0.1) is 23.7 Å². The van der Waals surface area contributed by atoms with Gasteiger partial charge in [0.25, 0.3) is 0 Å². The third kappa shape index (κ3) is 1.76. The van der Waals surface area contributed by atoms with Gasteiger partial charge in [0.1, 0.15) is 0 Å². The minimum Gasteiger partial charge on any atom is -0.493 e. The maximum Gasteiger partial charge on any atom is 0.161 e. The molecule has 0 spiro atoms. The van der Waals surface area contributed by atoms with E-state index in [1.807, 2.05) is 18.2 Å². The maximum atomic E-state index is 11.4. The van der Waals surface area contributed by atoms with Crippen LogP contribution in [0.1, 0.15) is 37.7 Å². The molecule has 3 heteroatoms. The van der Waals surface area contributed by atoms with E-state index in [9.17, 15) is 5.11 Å². The zero-order valence-electron chi connectivity index (χ0n) is 12.8. The van der Waals surface area contributed by atoms with Gasteiger partial charge in [-0.1, -0.05) is 12.5 Å². The van der Waals surface area contributed by atoms with Crippen LogP contribution in [-0.4, -0.2) is 19.3 Å². The first-order valence-corrected chi connectivity index (χ1v) is 8.12. The molecule has 21 heavy (non-hydrogen) atoms. The molecule has 0 aliphatic heterocycles. The van der Waals surface area contributed by atoms with Gasteiger partial charge in [-0.2, -0.15) is 0 Å². The number of hydrogen-bond acceptors (Lipinski definition) is 3. The van der Waals surface area contributed by atoms with E-state index in [0.29, 0.717) is 11.7 Å². The molecule has 3 aliphatic rings. The second-order valence-corrected chi connectivity index (χ2v) is 7.06. The van der Waals surface area contributed by atoms with Gasteiger partial charge in [-0.25, -0.2) is 0 Å². The third-order valence-corrected chi connectivity index (χ3v) is 6.37. The summed E-state index contributed by atoms with van der Waals surface area (Å²) in [6, 6.07) is 5.92. The number of rotatable bonds is 3. The van der Waals surface area contributed by atoms with Crippen LogP contribution in [0.4, 0.5) is 0 Å². The van der Waals surface area contributed by atoms with Crippen molar-refractivity contribution in [3.05, 3.63) is 23.8 Å². The first-order valence-electron chi connectivity index (χ1n) is 8.12. The smallest absolute Gasteiger partial charge is 0.161 e. The summed E-state index contributed by atoms with van der Waals surface area (Å²) in [5.41, 5.74) is 0.355. The molecule has 1 aromatic rings. The predicted molar refractivity (Wildman–Crippen MR) is 80.5 cm³/mol. The van der Waals surface area contributed by atoms with Crippen molar-refractivity contribution < 1.29 is 14.6 Å². The van der Waals surface area contributed by atoms with Crippen LogP contribution in [-0.2, 0) is 5.60 Å². The average Bonchev–Trinajstić information content (AvgIpc) is 3.18. The van der Waals surface area contributed by atoms with Crippen molar-refractivity contribution in [2.45, 2.75) is 37.7 Å². The van der Waals surface area contributed by atoms with Gasteiger partial charge in [0.2, 0.25) is 0 Å². The van der Waals surface area contributed by atoms with Gasteiger partial charge in [-0.3, -0.25) is 0 Å². The molecule has 0 aromatic heterocycles. The highest BCUT2D eigenvalue weighted by Crippen LogP contribution is 2.65. The Morgan fingerprint density at radius 2 is 1.86 bits per heavy atom. The average molecular weight is 288 g/mol. The van der Waals surface area contributed by atoms with E-state index in [2.05, 4.69) is 0 Å². The lowest BCUT2D eigenvalue weighted by Crippen LogP contribution is -2.38. The summed E-state index contributed by atoms with van der Waals surface area (Å²) in [5.74, 6) is 4.23. The van der Waals surface area contributed by atoms with E-state index in [4.69, 9.17) is 9.47 Å². The molecule has 3 aliphatic carbocycles. The third-order valence-electron chi connectivity index (χ3n) is 6.37. The van der Waals surface area contributed by atoms with E-state index >= 15 is 0 Å². The fourth-order valence-electron chi connectivity index (χ4n) is 5.55. The van der Waals surface area contributed by atoms with Crippen molar-refractivity contribution in [1.82, 2.24) is 0 Å². The first-order chi connectivity index (χ1) is 10.2. The van der Waals surface area contributed by atoms with E-state index in [1.165, 1.54) is 25.7 Å². The number of fused-ring (bicyclic) bond motifs is 5. The Balaban J connectivity index is 1.70. The van der Waals surface area contributed by atoms with Gasteiger partial charge in [0, 0.05) is 0 Å². The Kier molecular flexibility index (Phi) is 2.97. The Morgan fingerprint density at radius 3 is 2.62 bits per heavy atom. The topological polar surface area (TPSA) is 38.7 Å². The highest BCUT2D eigenvalue weighted by atomic mass is 16.5. The molecule has 4 rings (SSSR count). The second kappa shape index (κ2) is 4.64. The van der Waals surface area contributed by atoms with Gasteiger partial charge < -0.3 is 14.6 Å². The number of methoxy groups -OCH3 is 2. The lowest BCUT2D eigenvalue weighted by atomic mass is 9.70. The normalized spacial score (nSPS) is 40.3. The van der Waals surface area contributed by atoms with Crippen LogP contribution < -0.4 is 9.47 Å². The molecule has 3 fully saturated rings. The lowest BCUT2D eigenvalue weighted by Gasteiger charge is -2.39. The largest absolute Gasteiger partial charge is 0.493 e. The fourth-order valence-corrected chi connectivity index (χ4v) is 5.55. The summed E-state index contributed by atoms with van der Waals surface area (Å²) < 4.78 is 10.7. The van der Waals surface area contributed by atoms with Crippen LogP contribution in [0.3, 0.4) is 0 Å². The molecule has 5 atom stereocenters. The molecule has 1 N–H and O–H groups in total. The Bertz CT molecular complexity index is 555. The number of hydrogen-bond donors (Lipinski definition) is 1. The highest BCUT2D eigenvalue weighted by Gasteiger charge is 2.60. The zero-order valence-corrected chi connectivity index (χ0v) is 12.8. The highest BCUT2D eigenvalue weighted by molar-refractivity contribution is 5.45. The summed E-state index contributed by atoms with van der Waals surface area (Å²) in [5, 5.41) is 11.4. The molecule has 0 radical (unpaired) electrons. The van der Waals surface area contributed by atoms with Gasteiger partial charge in [-0.15, -0.1) is 0 Å². The first kappa shape index (κ1) is 13.4. The van der Waals surface area contributed by atoms with Gasteiger partial charge in [0.15, 0.2) is 11.5 Å². The molecule has 0 heterocycles. The van der Waals surface area contributed by atoms with Crippen molar-refractivity contribution >= 4 is 0 Å². The summed E-state index contributed by atoms with van der Waals surface area (Å²) in [4.78, 5) is 0. The fraction of sp³-hybridized carbons (Fsp3) is 0.667. The predicted octanol–water partition coefficient (Wildman–Crippen LogP) is 3.35. The Labute approximate surface area is 126 Å². The summed E-state index contributed by atoms with van der Waals surface area (Å²) in [6.45, 7) is 0. The molecule has 0 saturated heterocycles. The van der Waals surface area contributed by atoms with E-state index in [0.717, 1.165) is 35.5 Å². The van der Waals surface area contributed by atoms with Gasteiger partial charge in [0.05, 0.1) is 19.8 Å². The minimum absolute atomic E-state index is 0.438. The number of benzene rings is 1. The number of aliphatic hydroxyl groups is 1. The van der Waals surface area contributed by atoms with Crippen molar-refractivity contribution in [2.75, 3.05) is 14.2 Å². The molecular formula is C18H24O3. The lowest BCUT2D eigenvalue weighted by molar-refractivity contribution is -0.0513. The quantitative estimate of drug-likeness (QED) is 0.927. The maximum absolute atomic E-state index is 11.4. The van der Waals surface area contributed by atoms with E-state index < -0.39 is 5.60 Å². The summed E-state index contributed by atoms with van der Waals surface area (Å²) in [6.07, 6.45) is 6.17. The number of ether oxygens (including phenoxy) is 2. The Hall–Kier alpha value is -1.22. The van der Waals surface area contributed by atoms with E-state index in [1.54, 1.807) is 14.2 Å². The second-order valence-electron chi connectivity index (χ2n) is 7.06. The minimum atomic E-state index is -0.657. The van der Waals surface area contributed by atoms with Crippen molar-refractivity contribution in [3.8, 4) is 11.5 Å². The monoisotopic (exact) mass is 288 g/mol. The SMILES string of the molecule is COc1ccc(C2(O)CC3CC2C2CCCC32)cc1OC. The summed E-state index contributed by atoms with van der Waals surface area (Å²) >= 11 is 0. The Morgan fingerprint density at radius 1 is 1.10 bits per heavy atom. The van der Waals surface area contributed by atoms with E-state index in [-0.39, 0.29) is 0 Å². The van der Waals surface area contributed by atoms with Crippen LogP contribution in [0.5, 0.6) is 11.5 Å². The molecule has 114 valence electrons. The molecule has 1 aromatic carbocycles. The van der Waals surface area contributed by atoms with Gasteiger partial charge in [-0.05, 0) is 67.1 Å². The summed E-state index contributed by atoms with van der Waals surface area (Å²) in [7, 11) is 3.30. The zero-order chi connectivity index (χ0) is 14.6. The van der Waals surface area contributed by atoms with Crippen molar-refractivity contribution in [2.24, 2.45) is 23.7 Å². The molecule has 3 saturated carbocycles. The molecule has 3 nitrogen and oxygen atoms in total.